The predicted molar refractivity (Wildman–Crippen MR) is 68.4 cm³/mol. The van der Waals surface area contributed by atoms with Crippen molar-refractivity contribution in [3.63, 3.8) is 0 Å². The van der Waals surface area contributed by atoms with Gasteiger partial charge in [-0.1, -0.05) is 23.7 Å². The molecule has 2 aromatic carbocycles. The molecule has 19 heavy (non-hydrogen) atoms. The van der Waals surface area contributed by atoms with Crippen LogP contribution in [0.5, 0.6) is 0 Å². The van der Waals surface area contributed by atoms with E-state index in [0.29, 0.717) is 17.5 Å². The molecule has 0 bridgehead atoms. The lowest BCUT2D eigenvalue weighted by molar-refractivity contribution is 0.506. The molecule has 5 heteroatoms. The van der Waals surface area contributed by atoms with Crippen molar-refractivity contribution in [1.82, 2.24) is 0 Å². The van der Waals surface area contributed by atoms with Crippen LogP contribution in [0.2, 0.25) is 5.02 Å². The summed E-state index contributed by atoms with van der Waals surface area (Å²) in [5, 5.41) is -0.0155. The van der Waals surface area contributed by atoms with Crippen LogP contribution in [0, 0.1) is 17.5 Å². The van der Waals surface area contributed by atoms with E-state index in [4.69, 9.17) is 17.3 Å². The van der Waals surface area contributed by atoms with Crippen LogP contribution in [0.4, 0.5) is 13.2 Å². The van der Waals surface area contributed by atoms with Crippen molar-refractivity contribution in [1.29, 1.82) is 0 Å². The van der Waals surface area contributed by atoms with Gasteiger partial charge in [-0.2, -0.15) is 0 Å². The molecule has 0 spiro atoms. The Kier molecular flexibility index (Phi) is 4.12. The van der Waals surface area contributed by atoms with Gasteiger partial charge in [0.05, 0.1) is 5.02 Å². The highest BCUT2D eigenvalue weighted by atomic mass is 35.5. The zero-order valence-corrected chi connectivity index (χ0v) is 10.6. The summed E-state index contributed by atoms with van der Waals surface area (Å²) in [5.41, 5.74) is 7.13. The van der Waals surface area contributed by atoms with Gasteiger partial charge in [-0.3, -0.25) is 0 Å². The highest BCUT2D eigenvalue weighted by molar-refractivity contribution is 6.30. The third-order valence-electron chi connectivity index (χ3n) is 2.81. The van der Waals surface area contributed by atoms with Gasteiger partial charge in [-0.05, 0) is 41.8 Å². The molecule has 0 aliphatic rings. The van der Waals surface area contributed by atoms with Crippen molar-refractivity contribution < 1.29 is 13.2 Å². The van der Waals surface area contributed by atoms with Gasteiger partial charge < -0.3 is 5.73 Å². The van der Waals surface area contributed by atoms with E-state index in [0.717, 1.165) is 12.1 Å². The molecule has 1 unspecified atom stereocenters. The van der Waals surface area contributed by atoms with E-state index in [2.05, 4.69) is 0 Å². The molecule has 0 heterocycles. The van der Waals surface area contributed by atoms with E-state index in [1.165, 1.54) is 24.3 Å². The van der Waals surface area contributed by atoms with Gasteiger partial charge in [0.2, 0.25) is 0 Å². The molecule has 0 saturated carbocycles. The summed E-state index contributed by atoms with van der Waals surface area (Å²) >= 11 is 5.67. The molecule has 0 radical (unpaired) electrons. The van der Waals surface area contributed by atoms with Crippen LogP contribution >= 0.6 is 11.6 Å². The van der Waals surface area contributed by atoms with Crippen LogP contribution in [-0.4, -0.2) is 0 Å². The van der Waals surface area contributed by atoms with Gasteiger partial charge in [-0.15, -0.1) is 0 Å². The number of hydrogen-bond acceptors (Lipinski definition) is 1. The van der Waals surface area contributed by atoms with Gasteiger partial charge >= 0.3 is 0 Å². The minimum atomic E-state index is -0.915. The summed E-state index contributed by atoms with van der Waals surface area (Å²) < 4.78 is 38.9. The molecule has 0 saturated heterocycles. The minimum absolute atomic E-state index is 0.0155. The third-order valence-corrected chi connectivity index (χ3v) is 3.10. The quantitative estimate of drug-likeness (QED) is 0.906. The Morgan fingerprint density at radius 1 is 0.947 bits per heavy atom. The van der Waals surface area contributed by atoms with Gasteiger partial charge in [0.1, 0.15) is 5.82 Å². The van der Waals surface area contributed by atoms with Gasteiger partial charge in [0.25, 0.3) is 0 Å². The third kappa shape index (κ3) is 3.28. The zero-order valence-electron chi connectivity index (χ0n) is 9.84. The Morgan fingerprint density at radius 3 is 2.26 bits per heavy atom. The molecule has 100 valence electrons. The molecule has 0 amide bonds. The predicted octanol–water partition coefficient (Wildman–Crippen LogP) is 4.00. The van der Waals surface area contributed by atoms with Crippen molar-refractivity contribution in [3.8, 4) is 0 Å². The van der Waals surface area contributed by atoms with Crippen LogP contribution in [0.15, 0.2) is 36.4 Å². The van der Waals surface area contributed by atoms with Gasteiger partial charge in [0, 0.05) is 6.04 Å². The number of nitrogens with two attached hydrogens (primary N) is 1. The fourth-order valence-corrected chi connectivity index (χ4v) is 1.97. The second kappa shape index (κ2) is 5.63. The maximum atomic E-state index is 13.1. The lowest BCUT2D eigenvalue weighted by Crippen LogP contribution is -2.13. The minimum Gasteiger partial charge on any atom is -0.324 e. The molecular formula is C14H11ClF3N. The van der Waals surface area contributed by atoms with Crippen molar-refractivity contribution in [3.05, 3.63) is 70.0 Å². The van der Waals surface area contributed by atoms with Crippen LogP contribution in [-0.2, 0) is 6.42 Å². The maximum absolute atomic E-state index is 13.1. The normalized spacial score (nSPS) is 12.5. The molecule has 2 rings (SSSR count). The number of rotatable bonds is 3. The summed E-state index contributed by atoms with van der Waals surface area (Å²) in [6.07, 6.45) is 0.305. The van der Waals surface area contributed by atoms with Crippen LogP contribution in [0.25, 0.3) is 0 Å². The first-order valence-electron chi connectivity index (χ1n) is 5.62. The van der Waals surface area contributed by atoms with Crippen LogP contribution in [0.3, 0.4) is 0 Å². The fraction of sp³-hybridized carbons (Fsp3) is 0.143. The van der Waals surface area contributed by atoms with E-state index in [9.17, 15) is 13.2 Å². The smallest absolute Gasteiger partial charge is 0.159 e. The van der Waals surface area contributed by atoms with E-state index in [1.54, 1.807) is 0 Å². The van der Waals surface area contributed by atoms with Gasteiger partial charge in [0.15, 0.2) is 11.6 Å². The zero-order chi connectivity index (χ0) is 14.0. The first kappa shape index (κ1) is 13.9. The van der Waals surface area contributed by atoms with E-state index < -0.39 is 23.5 Å². The SMILES string of the molecule is NC(Cc1ccc(F)c(F)c1)c1ccc(F)c(Cl)c1. The molecule has 1 nitrogen and oxygen atoms in total. The van der Waals surface area contributed by atoms with Crippen molar-refractivity contribution in [2.24, 2.45) is 5.73 Å². The molecular weight excluding hydrogens is 275 g/mol. The molecule has 0 aromatic heterocycles. The van der Waals surface area contributed by atoms with Crippen molar-refractivity contribution in [2.45, 2.75) is 12.5 Å². The Balaban J connectivity index is 2.17. The number of benzene rings is 2. The summed E-state index contributed by atoms with van der Waals surface area (Å²) in [6, 6.07) is 7.32. The molecule has 0 fully saturated rings. The highest BCUT2D eigenvalue weighted by Crippen LogP contribution is 2.22. The average molecular weight is 286 g/mol. The van der Waals surface area contributed by atoms with Gasteiger partial charge in [-0.25, -0.2) is 13.2 Å². The Bertz CT molecular complexity index is 601. The van der Waals surface area contributed by atoms with E-state index in [1.807, 2.05) is 0 Å². The maximum Gasteiger partial charge on any atom is 0.159 e. The largest absolute Gasteiger partial charge is 0.324 e. The Hall–Kier alpha value is -1.52. The standard InChI is InChI=1S/C14H11ClF3N/c15-10-7-9(2-4-11(10)16)14(19)6-8-1-3-12(17)13(18)5-8/h1-5,7,14H,6,19H2. The number of hydrogen-bond donors (Lipinski definition) is 1. The van der Waals surface area contributed by atoms with Crippen LogP contribution < -0.4 is 5.73 Å². The molecule has 0 aliphatic heterocycles. The highest BCUT2D eigenvalue weighted by Gasteiger charge is 2.11. The summed E-state index contributed by atoms with van der Waals surface area (Å²) in [7, 11) is 0. The topological polar surface area (TPSA) is 26.0 Å². The number of halogens is 4. The average Bonchev–Trinajstić information content (AvgIpc) is 2.37. The Morgan fingerprint density at radius 2 is 1.63 bits per heavy atom. The van der Waals surface area contributed by atoms with Crippen molar-refractivity contribution >= 4 is 11.6 Å². The lowest BCUT2D eigenvalue weighted by Gasteiger charge is -2.13. The molecule has 2 aromatic rings. The summed E-state index contributed by atoms with van der Waals surface area (Å²) in [5.74, 6) is -2.34. The summed E-state index contributed by atoms with van der Waals surface area (Å²) in [6.45, 7) is 0. The Labute approximate surface area is 113 Å². The van der Waals surface area contributed by atoms with E-state index >= 15 is 0 Å². The first-order chi connectivity index (χ1) is 8.97. The molecule has 1 atom stereocenters. The molecule has 2 N–H and O–H groups in total. The van der Waals surface area contributed by atoms with Crippen LogP contribution in [0.1, 0.15) is 17.2 Å². The molecule has 0 aliphatic carbocycles. The van der Waals surface area contributed by atoms with Crippen molar-refractivity contribution in [2.75, 3.05) is 0 Å². The monoisotopic (exact) mass is 285 g/mol. The fourth-order valence-electron chi connectivity index (χ4n) is 1.78. The summed E-state index contributed by atoms with van der Waals surface area (Å²) in [4.78, 5) is 0. The van der Waals surface area contributed by atoms with E-state index in [-0.39, 0.29) is 5.02 Å². The first-order valence-corrected chi connectivity index (χ1v) is 5.99. The second-order valence-corrected chi connectivity index (χ2v) is 4.64. The lowest BCUT2D eigenvalue weighted by atomic mass is 9.99. The second-order valence-electron chi connectivity index (χ2n) is 4.23.